The van der Waals surface area contributed by atoms with E-state index in [0.717, 1.165) is 18.4 Å². The molecule has 13 heteroatoms. The summed E-state index contributed by atoms with van der Waals surface area (Å²) >= 11 is 0. The number of nitrogens with zero attached hydrogens (tertiary/aromatic N) is 2. The van der Waals surface area contributed by atoms with Crippen LogP contribution >= 0.6 is 0 Å². The van der Waals surface area contributed by atoms with Gasteiger partial charge >= 0.3 is 0 Å². The fourth-order valence-corrected chi connectivity index (χ4v) is 6.27. The Labute approximate surface area is 275 Å². The number of carbonyl (C=O) groups is 6. The van der Waals surface area contributed by atoms with Gasteiger partial charge in [-0.2, -0.15) is 0 Å². The molecule has 5 unspecified atom stereocenters. The van der Waals surface area contributed by atoms with Gasteiger partial charge in [-0.25, -0.2) is 0 Å². The van der Waals surface area contributed by atoms with Gasteiger partial charge in [-0.15, -0.1) is 0 Å². The molecule has 6 atom stereocenters. The zero-order chi connectivity index (χ0) is 34.3. The highest BCUT2D eigenvalue weighted by Crippen LogP contribution is 2.45. The normalized spacial score (nSPS) is 21.9. The van der Waals surface area contributed by atoms with Crippen LogP contribution in [0.15, 0.2) is 47.7 Å². The van der Waals surface area contributed by atoms with Crippen LogP contribution in [0.25, 0.3) is 0 Å². The number of carbonyl (C=O) groups excluding carboxylic acids is 6. The van der Waals surface area contributed by atoms with Gasteiger partial charge < -0.3 is 31.5 Å². The first kappa shape index (κ1) is 35.3. The monoisotopic (exact) mass is 649 g/mol. The van der Waals surface area contributed by atoms with E-state index < -0.39 is 64.9 Å². The molecule has 1 saturated heterocycles. The second-order valence-electron chi connectivity index (χ2n) is 13.6. The Balaban J connectivity index is 1.39. The number of benzene rings is 1. The first-order valence-corrected chi connectivity index (χ1v) is 16.3. The Kier molecular flexibility index (Phi) is 11.5. The summed E-state index contributed by atoms with van der Waals surface area (Å²) in [6, 6.07) is 6.04. The molecule has 254 valence electrons. The number of likely N-dealkylation sites (tertiary alicyclic amines) is 1. The fraction of sp³-hybridized carbons (Fsp3) is 0.559. The lowest BCUT2D eigenvalue weighted by molar-refractivity contribution is -0.143. The average Bonchev–Trinajstić information content (AvgIpc) is 3.31. The number of Topliss-reactive ketones (excluding diaryl/α,β-unsaturated/α-hetero) is 1. The first-order valence-electron chi connectivity index (χ1n) is 16.3. The molecule has 1 aromatic rings. The average molecular weight is 650 g/mol. The second kappa shape index (κ2) is 15.4. The molecule has 47 heavy (non-hydrogen) atoms. The molecular weight excluding hydrogens is 602 g/mol. The summed E-state index contributed by atoms with van der Waals surface area (Å²) in [4.78, 5) is 85.0. The van der Waals surface area contributed by atoms with Crippen molar-refractivity contribution < 1.29 is 28.8 Å². The summed E-state index contributed by atoms with van der Waals surface area (Å²) < 4.78 is 0. The number of fused-ring (bicyclic) bond motifs is 1. The van der Waals surface area contributed by atoms with Gasteiger partial charge in [-0.3, -0.25) is 33.8 Å². The molecule has 0 bridgehead atoms. The molecule has 13 nitrogen and oxygen atoms in total. The van der Waals surface area contributed by atoms with Crippen molar-refractivity contribution in [2.75, 3.05) is 19.6 Å². The number of aliphatic imine (C=N–C) groups is 1. The maximum atomic E-state index is 13.7. The molecule has 2 heterocycles. The molecule has 4 rings (SSSR count). The van der Waals surface area contributed by atoms with Crippen LogP contribution in [0.2, 0.25) is 0 Å². The molecule has 0 spiro atoms. The second-order valence-corrected chi connectivity index (χ2v) is 13.6. The standard InChI is InChI=1S/C34H47N7O6/c1-6-10-24(28(43)32(46)38-20(2)21-11-8-7-9-12-21)39-31(45)27-23-14-13-22(23)19-41(27)26(42)18-37-33(47)29(34(3,4)5)40-30(44)25-17-35-15-16-36-25/h7-9,11-12,15-16,20,22-24,27,29,35H,6,10,13-14,17-19H2,1-5H3,(H,37,47)(H,38,46)(H,39,45)(H,40,44)/t20?,22?,23-,24?,27?,29?/m0/s1. The number of hydrogen-bond acceptors (Lipinski definition) is 8. The zero-order valence-electron chi connectivity index (χ0n) is 27.8. The van der Waals surface area contributed by atoms with Gasteiger partial charge in [-0.05, 0) is 49.0 Å². The topological polar surface area (TPSA) is 178 Å². The molecule has 0 radical (unpaired) electrons. The van der Waals surface area contributed by atoms with E-state index in [4.69, 9.17) is 0 Å². The third-order valence-electron chi connectivity index (χ3n) is 9.09. The number of amides is 5. The Bertz CT molecular complexity index is 1420. The molecule has 1 aliphatic carbocycles. The van der Waals surface area contributed by atoms with Crippen molar-refractivity contribution in [3.05, 3.63) is 48.3 Å². The van der Waals surface area contributed by atoms with Crippen LogP contribution < -0.4 is 26.6 Å². The highest BCUT2D eigenvalue weighted by molar-refractivity contribution is 6.40. The molecule has 3 aliphatic rings. The van der Waals surface area contributed by atoms with E-state index in [9.17, 15) is 28.8 Å². The number of nitrogens with one attached hydrogen (secondary N) is 5. The minimum absolute atomic E-state index is 0.0699. The first-order chi connectivity index (χ1) is 22.3. The Morgan fingerprint density at radius 2 is 1.74 bits per heavy atom. The third-order valence-corrected chi connectivity index (χ3v) is 9.09. The highest BCUT2D eigenvalue weighted by atomic mass is 16.2. The van der Waals surface area contributed by atoms with Crippen molar-refractivity contribution in [1.82, 2.24) is 31.5 Å². The van der Waals surface area contributed by atoms with E-state index in [1.165, 1.54) is 11.1 Å². The lowest BCUT2D eigenvalue weighted by Crippen LogP contribution is -2.58. The quantitative estimate of drug-likeness (QED) is 0.199. The molecule has 2 aliphatic heterocycles. The van der Waals surface area contributed by atoms with Crippen LogP contribution in [0.5, 0.6) is 0 Å². The molecule has 5 N–H and O–H groups in total. The van der Waals surface area contributed by atoms with Crippen molar-refractivity contribution in [1.29, 1.82) is 0 Å². The van der Waals surface area contributed by atoms with Gasteiger partial charge in [-0.1, -0.05) is 64.4 Å². The minimum atomic E-state index is -1.04. The van der Waals surface area contributed by atoms with Crippen molar-refractivity contribution >= 4 is 41.0 Å². The van der Waals surface area contributed by atoms with Gasteiger partial charge in [0.25, 0.3) is 11.8 Å². The minimum Gasteiger partial charge on any atom is -0.384 e. The van der Waals surface area contributed by atoms with E-state index in [1.54, 1.807) is 33.9 Å². The summed E-state index contributed by atoms with van der Waals surface area (Å²) in [7, 11) is 0. The predicted molar refractivity (Wildman–Crippen MR) is 176 cm³/mol. The number of hydrogen-bond donors (Lipinski definition) is 5. The van der Waals surface area contributed by atoms with Crippen LogP contribution in [-0.2, 0) is 28.8 Å². The maximum Gasteiger partial charge on any atom is 0.290 e. The van der Waals surface area contributed by atoms with Crippen molar-refractivity contribution in [2.24, 2.45) is 22.2 Å². The van der Waals surface area contributed by atoms with Crippen molar-refractivity contribution in [3.63, 3.8) is 0 Å². The molecule has 1 aromatic carbocycles. The van der Waals surface area contributed by atoms with Crippen LogP contribution in [0.1, 0.15) is 71.9 Å². The zero-order valence-corrected chi connectivity index (χ0v) is 27.8. The maximum absolute atomic E-state index is 13.7. The van der Waals surface area contributed by atoms with Crippen molar-refractivity contribution in [2.45, 2.75) is 84.5 Å². The summed E-state index contributed by atoms with van der Waals surface area (Å²) in [5, 5.41) is 13.8. The van der Waals surface area contributed by atoms with E-state index in [0.29, 0.717) is 13.0 Å². The molecule has 0 aromatic heterocycles. The van der Waals surface area contributed by atoms with E-state index >= 15 is 0 Å². The summed E-state index contributed by atoms with van der Waals surface area (Å²) in [6.45, 7) is 9.26. The fourth-order valence-electron chi connectivity index (χ4n) is 6.27. The Morgan fingerprint density at radius 3 is 2.34 bits per heavy atom. The Hall–Kier alpha value is -4.55. The third kappa shape index (κ3) is 8.63. The van der Waals surface area contributed by atoms with Crippen LogP contribution in [0, 0.1) is 17.3 Å². The lowest BCUT2D eigenvalue weighted by Gasteiger charge is -2.34. The SMILES string of the molecule is CCCC(NC(=O)C1[C@H]2CCC2CN1C(=O)CNC(=O)C(NC(=O)C1=NC=CNC1)C(C)(C)C)C(=O)C(=O)NC(C)c1ccccc1. The molecule has 1 saturated carbocycles. The summed E-state index contributed by atoms with van der Waals surface area (Å²) in [6.07, 6.45) is 5.51. The van der Waals surface area contributed by atoms with Gasteiger partial charge in [0.05, 0.1) is 25.2 Å². The van der Waals surface area contributed by atoms with Gasteiger partial charge in [0.2, 0.25) is 23.5 Å². The lowest BCUT2D eigenvalue weighted by atomic mass is 9.73. The van der Waals surface area contributed by atoms with Crippen LogP contribution in [0.3, 0.4) is 0 Å². The van der Waals surface area contributed by atoms with Gasteiger partial charge in [0.1, 0.15) is 17.8 Å². The number of rotatable bonds is 13. The molecular formula is C34H47N7O6. The smallest absolute Gasteiger partial charge is 0.290 e. The summed E-state index contributed by atoms with van der Waals surface area (Å²) in [5.74, 6) is -3.40. The molecule has 5 amide bonds. The highest BCUT2D eigenvalue weighted by Gasteiger charge is 2.52. The number of ketones is 1. The van der Waals surface area contributed by atoms with E-state index in [2.05, 4.69) is 31.6 Å². The van der Waals surface area contributed by atoms with Gasteiger partial charge in [0.15, 0.2) is 0 Å². The van der Waals surface area contributed by atoms with Crippen LogP contribution in [0.4, 0.5) is 0 Å². The van der Waals surface area contributed by atoms with Gasteiger partial charge in [0, 0.05) is 18.9 Å². The largest absolute Gasteiger partial charge is 0.384 e. The summed E-state index contributed by atoms with van der Waals surface area (Å²) in [5.41, 5.74) is 0.398. The van der Waals surface area contributed by atoms with Crippen LogP contribution in [-0.4, -0.2) is 83.7 Å². The van der Waals surface area contributed by atoms with E-state index in [1.807, 2.05) is 37.3 Å². The van der Waals surface area contributed by atoms with Crippen molar-refractivity contribution in [3.8, 4) is 0 Å². The van der Waals surface area contributed by atoms with E-state index in [-0.39, 0.29) is 37.1 Å². The predicted octanol–water partition coefficient (Wildman–Crippen LogP) is 1.12. The molecule has 2 fully saturated rings. The Morgan fingerprint density at radius 1 is 1.02 bits per heavy atom.